The highest BCUT2D eigenvalue weighted by Crippen LogP contribution is 2.60. The van der Waals surface area contributed by atoms with Crippen LogP contribution in [0.15, 0.2) is 67.0 Å². The van der Waals surface area contributed by atoms with Gasteiger partial charge in [0.1, 0.15) is 5.75 Å². The van der Waals surface area contributed by atoms with Gasteiger partial charge in [-0.15, -0.1) is 0 Å². The van der Waals surface area contributed by atoms with E-state index in [9.17, 15) is 18.3 Å². The van der Waals surface area contributed by atoms with Crippen molar-refractivity contribution in [3.05, 3.63) is 78.1 Å². The lowest BCUT2D eigenvalue weighted by Gasteiger charge is -2.56. The lowest BCUT2D eigenvalue weighted by Crippen LogP contribution is -2.51. The lowest BCUT2D eigenvalue weighted by atomic mass is 9.50. The molecule has 0 spiro atoms. The van der Waals surface area contributed by atoms with Crippen LogP contribution in [-0.4, -0.2) is 61.2 Å². The molecule has 3 aromatic rings. The number of carbonyl (C=O) groups is 1. The van der Waals surface area contributed by atoms with Crippen LogP contribution in [0.1, 0.15) is 54.4 Å². The fourth-order valence-electron chi connectivity index (χ4n) is 8.85. The fourth-order valence-corrected chi connectivity index (χ4v) is 10.5. The molecule has 2 N–H and O–H groups in total. The van der Waals surface area contributed by atoms with Gasteiger partial charge in [-0.25, -0.2) is 13.1 Å². The number of nitrogens with one attached hydrogen (secondary N) is 1. The number of carbonyl (C=O) groups excluding carboxylic acids is 1. The normalized spacial score (nSPS) is 26.9. The van der Waals surface area contributed by atoms with Crippen molar-refractivity contribution in [2.75, 3.05) is 36.8 Å². The van der Waals surface area contributed by atoms with E-state index >= 15 is 0 Å². The van der Waals surface area contributed by atoms with Gasteiger partial charge in [-0.3, -0.25) is 14.7 Å². The molecule has 0 atom stereocenters. The summed E-state index contributed by atoms with van der Waals surface area (Å²) in [6.07, 6.45) is 10.00. The van der Waals surface area contributed by atoms with E-state index in [-0.39, 0.29) is 16.9 Å². The minimum absolute atomic E-state index is 0.0762. The first-order valence-electron chi connectivity index (χ1n) is 15.6. The predicted octanol–water partition coefficient (Wildman–Crippen LogP) is 5.05. The molecule has 4 aliphatic carbocycles. The van der Waals surface area contributed by atoms with Crippen LogP contribution in [0, 0.1) is 23.2 Å². The maximum absolute atomic E-state index is 13.1. The Bertz CT molecular complexity index is 1560. The first-order valence-corrected chi connectivity index (χ1v) is 17.2. The number of hydrogen-bond donors (Lipinski definition) is 2. The zero-order valence-corrected chi connectivity index (χ0v) is 25.3. The maximum Gasteiger partial charge on any atom is 0.264 e. The van der Waals surface area contributed by atoms with E-state index in [4.69, 9.17) is 0 Å². The third-order valence-corrected chi connectivity index (χ3v) is 11.7. The van der Waals surface area contributed by atoms with E-state index in [0.717, 1.165) is 68.8 Å². The number of anilines is 1. The number of amides is 1. The highest BCUT2D eigenvalue weighted by atomic mass is 32.2. The summed E-state index contributed by atoms with van der Waals surface area (Å²) in [5.74, 6) is 1.70. The molecule has 1 aromatic heterocycles. The lowest BCUT2D eigenvalue weighted by molar-refractivity contribution is -0.0391. The minimum atomic E-state index is -3.71. The van der Waals surface area contributed by atoms with Gasteiger partial charge in [0.25, 0.3) is 5.91 Å². The van der Waals surface area contributed by atoms with Crippen LogP contribution in [0.25, 0.3) is 11.1 Å². The van der Waals surface area contributed by atoms with Crippen molar-refractivity contribution in [3.63, 3.8) is 0 Å². The van der Waals surface area contributed by atoms with Crippen molar-refractivity contribution >= 4 is 21.6 Å². The second-order valence-corrected chi connectivity index (χ2v) is 15.2. The molecule has 43 heavy (non-hydrogen) atoms. The molecule has 8 rings (SSSR count). The molecule has 1 amide bonds. The van der Waals surface area contributed by atoms with Crippen molar-refractivity contribution in [3.8, 4) is 16.9 Å². The van der Waals surface area contributed by atoms with E-state index in [1.807, 2.05) is 24.3 Å². The van der Waals surface area contributed by atoms with Crippen molar-refractivity contribution < 1.29 is 18.3 Å². The minimum Gasteiger partial charge on any atom is -0.506 e. The second-order valence-electron chi connectivity index (χ2n) is 13.5. The van der Waals surface area contributed by atoms with Gasteiger partial charge in [0.15, 0.2) is 0 Å². The van der Waals surface area contributed by atoms with Gasteiger partial charge in [0.2, 0.25) is 10.0 Å². The molecule has 5 aliphatic rings. The molecule has 5 fully saturated rings. The van der Waals surface area contributed by atoms with Crippen molar-refractivity contribution in [1.82, 2.24) is 14.6 Å². The van der Waals surface area contributed by atoms with Crippen molar-refractivity contribution in [2.45, 2.75) is 45.1 Å². The van der Waals surface area contributed by atoms with E-state index in [1.165, 1.54) is 31.0 Å². The Labute approximate surface area is 254 Å². The summed E-state index contributed by atoms with van der Waals surface area (Å²) in [5.41, 5.74) is 4.42. The number of aromatic hydroxyl groups is 1. The molecule has 4 bridgehead atoms. The number of aromatic nitrogens is 1. The molecule has 0 unspecified atom stereocenters. The van der Waals surface area contributed by atoms with Crippen LogP contribution in [0.2, 0.25) is 0 Å². The molecule has 226 valence electrons. The Morgan fingerprint density at radius 2 is 1.56 bits per heavy atom. The number of sulfonamides is 1. The largest absolute Gasteiger partial charge is 0.506 e. The summed E-state index contributed by atoms with van der Waals surface area (Å²) in [6, 6.07) is 17.3. The summed E-state index contributed by atoms with van der Waals surface area (Å²) in [7, 11) is -3.71. The van der Waals surface area contributed by atoms with Crippen molar-refractivity contribution in [1.29, 1.82) is 0 Å². The van der Waals surface area contributed by atoms with Crippen LogP contribution in [-0.2, 0) is 16.6 Å². The number of pyridine rings is 1. The van der Waals surface area contributed by atoms with Gasteiger partial charge in [0, 0.05) is 55.7 Å². The van der Waals surface area contributed by atoms with E-state index < -0.39 is 15.9 Å². The third-order valence-electron chi connectivity index (χ3n) is 10.2. The maximum atomic E-state index is 13.1. The highest BCUT2D eigenvalue weighted by molar-refractivity contribution is 7.90. The summed E-state index contributed by atoms with van der Waals surface area (Å²) in [4.78, 5) is 21.8. The molecule has 2 aromatic carbocycles. The number of nitrogens with zero attached hydrogens (tertiary/aromatic N) is 3. The standard InChI is InChI=1S/C34H40N4O4S/c39-31-16-29(20-35-21-31)32-4-2-1-3-28(32)22-37-9-11-38(12-10-37)30-7-5-27(6-8-30)33(40)36-43(41,42)23-34-17-24-13-25(18-34)15-26(14-24)19-34/h1-8,16,20-21,24-26,39H,9-15,17-19,22-23H2,(H,36,40). The van der Waals surface area contributed by atoms with Crippen LogP contribution in [0.3, 0.4) is 0 Å². The Morgan fingerprint density at radius 1 is 0.907 bits per heavy atom. The molecule has 1 aliphatic heterocycles. The van der Waals surface area contributed by atoms with Gasteiger partial charge in [-0.1, -0.05) is 24.3 Å². The van der Waals surface area contributed by atoms with Gasteiger partial charge in [-0.2, -0.15) is 0 Å². The molecule has 8 nitrogen and oxygen atoms in total. The number of rotatable bonds is 8. The molecule has 2 heterocycles. The fraction of sp³-hybridized carbons (Fsp3) is 0.471. The van der Waals surface area contributed by atoms with Gasteiger partial charge in [0.05, 0.1) is 11.9 Å². The second kappa shape index (κ2) is 11.2. The Morgan fingerprint density at radius 3 is 2.21 bits per heavy atom. The third kappa shape index (κ3) is 6.15. The predicted molar refractivity (Wildman–Crippen MR) is 167 cm³/mol. The Hall–Kier alpha value is -3.43. The first-order chi connectivity index (χ1) is 20.7. The van der Waals surface area contributed by atoms with E-state index in [1.54, 1.807) is 24.4 Å². The SMILES string of the molecule is O=C(NS(=O)(=O)CC12CC3CC(CC(C3)C1)C2)c1ccc(N2CCN(Cc3ccccc3-c3cncc(O)c3)CC2)cc1. The quantitative estimate of drug-likeness (QED) is 0.373. The van der Waals surface area contributed by atoms with Crippen LogP contribution >= 0.6 is 0 Å². The highest BCUT2D eigenvalue weighted by Gasteiger charge is 2.52. The molecule has 4 saturated carbocycles. The number of piperazine rings is 1. The summed E-state index contributed by atoms with van der Waals surface area (Å²) in [6.45, 7) is 4.27. The topological polar surface area (TPSA) is 103 Å². The van der Waals surface area contributed by atoms with Crippen LogP contribution in [0.4, 0.5) is 5.69 Å². The van der Waals surface area contributed by atoms with E-state index in [0.29, 0.717) is 23.3 Å². The van der Waals surface area contributed by atoms with Crippen molar-refractivity contribution in [2.24, 2.45) is 23.2 Å². The van der Waals surface area contributed by atoms with Gasteiger partial charge >= 0.3 is 0 Å². The van der Waals surface area contributed by atoms with Crippen LogP contribution < -0.4 is 9.62 Å². The number of benzene rings is 2. The summed E-state index contributed by atoms with van der Waals surface area (Å²) < 4.78 is 28.7. The summed E-state index contributed by atoms with van der Waals surface area (Å²) in [5, 5.41) is 9.89. The zero-order valence-electron chi connectivity index (χ0n) is 24.5. The van der Waals surface area contributed by atoms with E-state index in [2.05, 4.69) is 31.6 Å². The molecule has 1 saturated heterocycles. The van der Waals surface area contributed by atoms with Crippen LogP contribution in [0.5, 0.6) is 5.75 Å². The number of hydrogen-bond acceptors (Lipinski definition) is 7. The zero-order chi connectivity index (χ0) is 29.6. The summed E-state index contributed by atoms with van der Waals surface area (Å²) >= 11 is 0. The molecular formula is C34H40N4O4S. The smallest absolute Gasteiger partial charge is 0.264 e. The average molecular weight is 601 g/mol. The average Bonchev–Trinajstić information content (AvgIpc) is 2.96. The van der Waals surface area contributed by atoms with Gasteiger partial charge in [-0.05, 0) is 103 Å². The molecule has 9 heteroatoms. The Kier molecular flexibility index (Phi) is 7.42. The molecule has 0 radical (unpaired) electrons. The molecular weight excluding hydrogens is 560 g/mol. The van der Waals surface area contributed by atoms with Gasteiger partial charge < -0.3 is 10.0 Å². The Balaban J connectivity index is 0.937. The monoisotopic (exact) mass is 600 g/mol. The first kappa shape index (κ1) is 28.3.